The molecule has 1 saturated carbocycles. The van der Waals surface area contributed by atoms with Gasteiger partial charge in [-0.25, -0.2) is 17.5 Å². The van der Waals surface area contributed by atoms with Crippen LogP contribution in [0.3, 0.4) is 0 Å². The molecule has 0 aromatic carbocycles. The molecule has 4 atom stereocenters. The fourth-order valence-electron chi connectivity index (χ4n) is 5.84. The minimum absolute atomic E-state index is 0.0510. The van der Waals surface area contributed by atoms with Gasteiger partial charge in [-0.15, -0.1) is 6.58 Å². The number of nitrogens with one attached hydrogen (secondary N) is 4. The highest BCUT2D eigenvalue weighted by Crippen LogP contribution is 2.30. The van der Waals surface area contributed by atoms with Crippen LogP contribution < -0.4 is 21.3 Å². The van der Waals surface area contributed by atoms with E-state index < -0.39 is 63.2 Å². The summed E-state index contributed by atoms with van der Waals surface area (Å²) in [5.41, 5.74) is -0.492. The van der Waals surface area contributed by atoms with Crippen molar-refractivity contribution in [3.63, 3.8) is 0 Å². The van der Waals surface area contributed by atoms with Gasteiger partial charge in [0.05, 0.1) is 12.3 Å². The van der Waals surface area contributed by atoms with Crippen LogP contribution in [-0.2, 0) is 29.2 Å². The third-order valence-electron chi connectivity index (χ3n) is 8.71. The minimum atomic E-state index is -3.48. The van der Waals surface area contributed by atoms with Crippen LogP contribution >= 0.6 is 0 Å². The highest BCUT2D eigenvalue weighted by molar-refractivity contribution is 7.88. The molecule has 1 heterocycles. The van der Waals surface area contributed by atoms with Crippen molar-refractivity contribution in [2.75, 3.05) is 32.9 Å². The largest absolute Gasteiger partial charge is 0.346 e. The first-order valence-electron chi connectivity index (χ1n) is 16.0. The number of Topliss-reactive ketones (excluding diaryl/α,β-unsaturated/α-hetero) is 1. The Morgan fingerprint density at radius 2 is 1.64 bits per heavy atom. The molecular weight excluding hydrogens is 600 g/mol. The molecule has 5 amide bonds. The molecular formula is C31H54N6O7S. The van der Waals surface area contributed by atoms with E-state index in [4.69, 9.17) is 0 Å². The number of nitrogens with zero attached hydrogens (tertiary/aromatic N) is 2. The molecule has 0 bridgehead atoms. The number of hydrogen-bond donors (Lipinski definition) is 4. The van der Waals surface area contributed by atoms with Crippen LogP contribution in [0.4, 0.5) is 4.79 Å². The zero-order valence-electron chi connectivity index (χ0n) is 27.8. The molecule has 1 unspecified atom stereocenters. The predicted octanol–water partition coefficient (Wildman–Crippen LogP) is 1.69. The number of rotatable bonds is 15. The van der Waals surface area contributed by atoms with Gasteiger partial charge in [-0.05, 0) is 43.4 Å². The lowest BCUT2D eigenvalue weighted by Gasteiger charge is -2.37. The maximum absolute atomic E-state index is 14.1. The van der Waals surface area contributed by atoms with Crippen molar-refractivity contribution < 1.29 is 32.4 Å². The highest BCUT2D eigenvalue weighted by atomic mass is 32.2. The first-order valence-corrected chi connectivity index (χ1v) is 17.9. The second-order valence-corrected chi connectivity index (χ2v) is 15.4. The van der Waals surface area contributed by atoms with Gasteiger partial charge in [0.15, 0.2) is 0 Å². The molecule has 2 fully saturated rings. The molecule has 0 aromatic heterocycles. The number of urea groups is 1. The Bertz CT molecular complexity index is 1180. The van der Waals surface area contributed by atoms with E-state index in [0.29, 0.717) is 25.8 Å². The summed E-state index contributed by atoms with van der Waals surface area (Å²) >= 11 is 0. The van der Waals surface area contributed by atoms with E-state index in [1.165, 1.54) is 22.3 Å². The summed E-state index contributed by atoms with van der Waals surface area (Å²) < 4.78 is 25.3. The number of amides is 5. The number of sulfonamides is 1. The van der Waals surface area contributed by atoms with Crippen LogP contribution in [-0.4, -0.2) is 104 Å². The lowest BCUT2D eigenvalue weighted by molar-refractivity contribution is -0.143. The minimum Gasteiger partial charge on any atom is -0.346 e. The molecule has 1 saturated heterocycles. The van der Waals surface area contributed by atoms with Crippen molar-refractivity contribution in [3.8, 4) is 0 Å². The third kappa shape index (κ3) is 11.4. The summed E-state index contributed by atoms with van der Waals surface area (Å²) in [4.78, 5) is 67.6. The summed E-state index contributed by atoms with van der Waals surface area (Å²) in [6.07, 6.45) is 8.70. The molecule has 14 heteroatoms. The monoisotopic (exact) mass is 654 g/mol. The maximum Gasteiger partial charge on any atom is 0.315 e. The number of likely N-dealkylation sites (tertiary alicyclic amines) is 1. The fourth-order valence-corrected chi connectivity index (χ4v) is 6.26. The van der Waals surface area contributed by atoms with Crippen LogP contribution in [0.5, 0.6) is 0 Å². The molecule has 45 heavy (non-hydrogen) atoms. The molecule has 1 aliphatic heterocycles. The van der Waals surface area contributed by atoms with Crippen LogP contribution in [0.15, 0.2) is 12.7 Å². The average Bonchev–Trinajstić information content (AvgIpc) is 3.47. The van der Waals surface area contributed by atoms with Gasteiger partial charge >= 0.3 is 6.03 Å². The van der Waals surface area contributed by atoms with Gasteiger partial charge in [0.1, 0.15) is 12.1 Å². The smallest absolute Gasteiger partial charge is 0.315 e. The average molecular weight is 655 g/mol. The normalized spacial score (nSPS) is 19.7. The molecule has 0 aromatic rings. The number of carbonyl (C=O) groups is 5. The van der Waals surface area contributed by atoms with Crippen LogP contribution in [0.1, 0.15) is 85.5 Å². The molecule has 256 valence electrons. The number of carbonyl (C=O) groups excluding carboxylic acids is 5. The number of likely N-dealkylation sites (N-methyl/N-ethyl adjacent to an activating group) is 1. The van der Waals surface area contributed by atoms with Gasteiger partial charge in [0.25, 0.3) is 5.91 Å². The van der Waals surface area contributed by atoms with E-state index in [1.807, 2.05) is 27.7 Å². The van der Waals surface area contributed by atoms with E-state index in [1.54, 1.807) is 0 Å². The Morgan fingerprint density at radius 1 is 1.00 bits per heavy atom. The fraction of sp³-hybridized carbons (Fsp3) is 0.774. The molecule has 0 radical (unpaired) electrons. The van der Waals surface area contributed by atoms with Crippen molar-refractivity contribution in [2.45, 2.75) is 110 Å². The Balaban J connectivity index is 2.24. The predicted molar refractivity (Wildman–Crippen MR) is 173 cm³/mol. The lowest BCUT2D eigenvalue weighted by atomic mass is 9.83. The SMILES string of the molecule is C=CCNC(=O)C(=O)C(CCC)NC(=O)[C@@H]1CCCN1C(=O)[C@@H](NC(=O)N[C@H](CN(C)S(C)(=O)=O)C(C)(C)C)C1CCCCC1. The van der Waals surface area contributed by atoms with Gasteiger partial charge < -0.3 is 26.2 Å². The zero-order valence-corrected chi connectivity index (χ0v) is 28.6. The van der Waals surface area contributed by atoms with Gasteiger partial charge in [0.2, 0.25) is 27.6 Å². The standard InChI is InChI=1S/C31H54N6O7S/c1-8-14-22(26(38)28(40)32-18-9-2)33-27(39)23-17-13-19-37(23)29(41)25(21-15-11-10-12-16-21)35-30(42)34-24(31(3,4)5)20-36(6)45(7,43)44/h9,21-25H,2,8,10-20H2,1,3-7H3,(H,32,40)(H,33,39)(H2,34,35,42)/t22?,23-,24+,25-/m0/s1. The topological polar surface area (TPSA) is 174 Å². The Hall–Kier alpha value is -3.00. The second kappa shape index (κ2) is 17.1. The third-order valence-corrected chi connectivity index (χ3v) is 9.99. The van der Waals surface area contributed by atoms with E-state index in [0.717, 1.165) is 38.4 Å². The van der Waals surface area contributed by atoms with Crippen LogP contribution in [0.25, 0.3) is 0 Å². The van der Waals surface area contributed by atoms with Crippen molar-refractivity contribution in [1.82, 2.24) is 30.5 Å². The highest BCUT2D eigenvalue weighted by Gasteiger charge is 2.42. The van der Waals surface area contributed by atoms with Crippen molar-refractivity contribution >= 4 is 39.6 Å². The molecule has 0 spiro atoms. The van der Waals surface area contributed by atoms with Crippen molar-refractivity contribution in [2.24, 2.45) is 11.3 Å². The van der Waals surface area contributed by atoms with Gasteiger partial charge in [-0.2, -0.15) is 0 Å². The first-order chi connectivity index (χ1) is 21.0. The van der Waals surface area contributed by atoms with Gasteiger partial charge in [-0.1, -0.05) is 59.5 Å². The molecule has 1 aliphatic carbocycles. The van der Waals surface area contributed by atoms with E-state index >= 15 is 0 Å². The Morgan fingerprint density at radius 3 is 2.20 bits per heavy atom. The number of ketones is 1. The Kier molecular flexibility index (Phi) is 14.5. The molecule has 4 N–H and O–H groups in total. The quantitative estimate of drug-likeness (QED) is 0.154. The molecule has 2 aliphatic rings. The number of hydrogen-bond acceptors (Lipinski definition) is 7. The summed E-state index contributed by atoms with van der Waals surface area (Å²) in [5.74, 6) is -2.56. The van der Waals surface area contributed by atoms with Crippen molar-refractivity contribution in [1.29, 1.82) is 0 Å². The first kappa shape index (κ1) is 38.2. The van der Waals surface area contributed by atoms with Crippen molar-refractivity contribution in [3.05, 3.63) is 12.7 Å². The summed E-state index contributed by atoms with van der Waals surface area (Å²) in [6, 6.07) is -3.89. The summed E-state index contributed by atoms with van der Waals surface area (Å²) in [7, 11) is -2.03. The van der Waals surface area contributed by atoms with Gasteiger partial charge in [0, 0.05) is 32.7 Å². The second-order valence-electron chi connectivity index (χ2n) is 13.4. The molecule has 2 rings (SSSR count). The lowest BCUT2D eigenvalue weighted by Crippen LogP contribution is -2.60. The maximum atomic E-state index is 14.1. The van der Waals surface area contributed by atoms with E-state index in [-0.39, 0.29) is 31.3 Å². The van der Waals surface area contributed by atoms with Gasteiger partial charge in [-0.3, -0.25) is 19.2 Å². The summed E-state index contributed by atoms with van der Waals surface area (Å²) in [5, 5.41) is 11.0. The summed E-state index contributed by atoms with van der Waals surface area (Å²) in [6.45, 7) is 11.5. The Labute approximate surface area is 268 Å². The van der Waals surface area contributed by atoms with E-state index in [2.05, 4.69) is 27.8 Å². The zero-order chi connectivity index (χ0) is 33.9. The van der Waals surface area contributed by atoms with Crippen LogP contribution in [0, 0.1) is 11.3 Å². The van der Waals surface area contributed by atoms with E-state index in [9.17, 15) is 32.4 Å². The van der Waals surface area contributed by atoms with Crippen LogP contribution in [0.2, 0.25) is 0 Å². The molecule has 13 nitrogen and oxygen atoms in total.